The molecule has 0 heterocycles. The van der Waals surface area contributed by atoms with Gasteiger partial charge >= 0.3 is 12.1 Å². The lowest BCUT2D eigenvalue weighted by Crippen LogP contribution is -2.13. The minimum Gasteiger partial charge on any atom is -0.462 e. The van der Waals surface area contributed by atoms with Crippen molar-refractivity contribution in [2.24, 2.45) is 0 Å². The molecule has 0 radical (unpaired) electrons. The van der Waals surface area contributed by atoms with Crippen molar-refractivity contribution in [3.8, 4) is 5.75 Å². The summed E-state index contributed by atoms with van der Waals surface area (Å²) in [5, 5.41) is 0. The van der Waals surface area contributed by atoms with Crippen molar-refractivity contribution < 1.29 is 23.8 Å². The van der Waals surface area contributed by atoms with E-state index in [4.69, 9.17) is 15.2 Å². The maximum Gasteiger partial charge on any atom is 0.513 e. The van der Waals surface area contributed by atoms with Gasteiger partial charge in [-0.05, 0) is 25.1 Å². The molecule has 0 atom stereocenters. The summed E-state index contributed by atoms with van der Waals surface area (Å²) in [5.41, 5.74) is 5.99. The number of rotatable bonds is 3. The van der Waals surface area contributed by atoms with Gasteiger partial charge in [-0.15, -0.1) is 0 Å². The summed E-state index contributed by atoms with van der Waals surface area (Å²) in [6, 6.07) is 4.27. The number of carbonyl (C=O) groups excluding carboxylic acids is 2. The molecule has 1 aromatic rings. The largest absolute Gasteiger partial charge is 0.513 e. The van der Waals surface area contributed by atoms with Gasteiger partial charge in [-0.1, -0.05) is 0 Å². The van der Waals surface area contributed by atoms with Crippen LogP contribution in [0.15, 0.2) is 18.2 Å². The van der Waals surface area contributed by atoms with E-state index in [0.717, 1.165) is 0 Å². The van der Waals surface area contributed by atoms with Crippen molar-refractivity contribution in [1.82, 2.24) is 0 Å². The van der Waals surface area contributed by atoms with E-state index in [2.05, 4.69) is 4.74 Å². The maximum absolute atomic E-state index is 11.6. The Morgan fingerprint density at radius 2 is 2.06 bits per heavy atom. The maximum atomic E-state index is 11.6. The second-order valence-corrected chi connectivity index (χ2v) is 3.03. The van der Waals surface area contributed by atoms with E-state index in [1.165, 1.54) is 25.3 Å². The van der Waals surface area contributed by atoms with Gasteiger partial charge in [-0.25, -0.2) is 9.59 Å². The van der Waals surface area contributed by atoms with Crippen molar-refractivity contribution in [1.29, 1.82) is 0 Å². The van der Waals surface area contributed by atoms with E-state index >= 15 is 0 Å². The predicted molar refractivity (Wildman–Crippen MR) is 59.8 cm³/mol. The Kier molecular flexibility index (Phi) is 4.33. The van der Waals surface area contributed by atoms with Gasteiger partial charge in [0.1, 0.15) is 11.3 Å². The zero-order valence-corrected chi connectivity index (χ0v) is 9.56. The monoisotopic (exact) mass is 239 g/mol. The van der Waals surface area contributed by atoms with Gasteiger partial charge in [0.2, 0.25) is 0 Å². The van der Waals surface area contributed by atoms with Crippen LogP contribution in [0.1, 0.15) is 17.3 Å². The van der Waals surface area contributed by atoms with Crippen LogP contribution in [0.2, 0.25) is 0 Å². The molecule has 0 amide bonds. The normalized spacial score (nSPS) is 9.53. The van der Waals surface area contributed by atoms with E-state index < -0.39 is 12.1 Å². The molecule has 6 heteroatoms. The summed E-state index contributed by atoms with van der Waals surface area (Å²) in [6.07, 6.45) is -0.916. The number of methoxy groups -OCH3 is 1. The lowest BCUT2D eigenvalue weighted by atomic mass is 10.2. The van der Waals surface area contributed by atoms with Crippen LogP contribution in [-0.2, 0) is 9.47 Å². The first-order valence-corrected chi connectivity index (χ1v) is 4.91. The molecule has 0 aromatic heterocycles. The molecule has 0 fully saturated rings. The van der Waals surface area contributed by atoms with Crippen LogP contribution >= 0.6 is 0 Å². The highest BCUT2D eigenvalue weighted by Gasteiger charge is 2.17. The third-order valence-electron chi connectivity index (χ3n) is 1.86. The van der Waals surface area contributed by atoms with Gasteiger partial charge in [0.25, 0.3) is 0 Å². The molecular weight excluding hydrogens is 226 g/mol. The Hall–Kier alpha value is -2.24. The Morgan fingerprint density at radius 1 is 1.35 bits per heavy atom. The highest BCUT2D eigenvalue weighted by atomic mass is 16.7. The molecule has 1 aromatic carbocycles. The molecule has 0 saturated heterocycles. The minimum absolute atomic E-state index is 0.0458. The van der Waals surface area contributed by atoms with Crippen LogP contribution in [0.5, 0.6) is 5.75 Å². The van der Waals surface area contributed by atoms with Crippen molar-refractivity contribution in [3.63, 3.8) is 0 Å². The standard InChI is InChI=1S/C11H13NO5/c1-3-16-10(13)8-6-7(12)4-5-9(8)17-11(14)15-2/h4-6H,3,12H2,1-2H3. The fourth-order valence-corrected chi connectivity index (χ4v) is 1.14. The number of benzene rings is 1. The number of anilines is 1. The van der Waals surface area contributed by atoms with Gasteiger partial charge in [-0.2, -0.15) is 0 Å². The van der Waals surface area contributed by atoms with Crippen LogP contribution in [-0.4, -0.2) is 25.8 Å². The third kappa shape index (κ3) is 3.37. The fraction of sp³-hybridized carbons (Fsp3) is 0.273. The summed E-state index contributed by atoms with van der Waals surface area (Å²) in [7, 11) is 1.17. The second kappa shape index (κ2) is 5.74. The molecule has 6 nitrogen and oxygen atoms in total. The summed E-state index contributed by atoms with van der Waals surface area (Å²) in [5.74, 6) is -0.566. The zero-order chi connectivity index (χ0) is 12.8. The lowest BCUT2D eigenvalue weighted by molar-refractivity contribution is 0.0522. The van der Waals surface area contributed by atoms with Crippen LogP contribution in [0.25, 0.3) is 0 Å². The molecular formula is C11H13NO5. The van der Waals surface area contributed by atoms with Crippen LogP contribution < -0.4 is 10.5 Å². The summed E-state index contributed by atoms with van der Waals surface area (Å²) in [4.78, 5) is 22.5. The molecule has 1 rings (SSSR count). The Bertz CT molecular complexity index is 430. The van der Waals surface area contributed by atoms with Crippen LogP contribution in [0, 0.1) is 0 Å². The smallest absolute Gasteiger partial charge is 0.462 e. The third-order valence-corrected chi connectivity index (χ3v) is 1.86. The van der Waals surface area contributed by atoms with Crippen LogP contribution in [0.3, 0.4) is 0 Å². The van der Waals surface area contributed by atoms with E-state index in [1.54, 1.807) is 6.92 Å². The highest BCUT2D eigenvalue weighted by molar-refractivity contribution is 5.94. The van der Waals surface area contributed by atoms with Gasteiger partial charge in [0.15, 0.2) is 0 Å². The summed E-state index contributed by atoms with van der Waals surface area (Å²) in [6.45, 7) is 1.89. The quantitative estimate of drug-likeness (QED) is 0.489. The first kappa shape index (κ1) is 12.8. The fourth-order valence-electron chi connectivity index (χ4n) is 1.14. The molecule has 0 aliphatic carbocycles. The van der Waals surface area contributed by atoms with Gasteiger partial charge in [0.05, 0.1) is 13.7 Å². The predicted octanol–water partition coefficient (Wildman–Crippen LogP) is 1.59. The van der Waals surface area contributed by atoms with Crippen molar-refractivity contribution in [2.45, 2.75) is 6.92 Å². The van der Waals surface area contributed by atoms with Gasteiger partial charge in [0, 0.05) is 5.69 Å². The highest BCUT2D eigenvalue weighted by Crippen LogP contribution is 2.22. The second-order valence-electron chi connectivity index (χ2n) is 3.03. The van der Waals surface area contributed by atoms with E-state index in [0.29, 0.717) is 5.69 Å². The molecule has 92 valence electrons. The number of esters is 1. The van der Waals surface area contributed by atoms with Crippen molar-refractivity contribution in [3.05, 3.63) is 23.8 Å². The van der Waals surface area contributed by atoms with Crippen molar-refractivity contribution in [2.75, 3.05) is 19.5 Å². The van der Waals surface area contributed by atoms with Gasteiger partial charge in [-0.3, -0.25) is 0 Å². The lowest BCUT2D eigenvalue weighted by Gasteiger charge is -2.09. The Labute approximate surface area is 98.3 Å². The number of ether oxygens (including phenoxy) is 3. The number of hydrogen-bond acceptors (Lipinski definition) is 6. The molecule has 0 aliphatic rings. The van der Waals surface area contributed by atoms with E-state index in [1.807, 2.05) is 0 Å². The van der Waals surface area contributed by atoms with Gasteiger partial charge < -0.3 is 19.9 Å². The number of carbonyl (C=O) groups is 2. The number of nitrogen functional groups attached to an aromatic ring is 1. The zero-order valence-electron chi connectivity index (χ0n) is 9.56. The molecule has 0 unspecified atom stereocenters. The Morgan fingerprint density at radius 3 is 2.65 bits per heavy atom. The number of hydrogen-bond donors (Lipinski definition) is 1. The van der Waals surface area contributed by atoms with Crippen LogP contribution in [0.4, 0.5) is 10.5 Å². The first-order chi connectivity index (χ1) is 8.08. The first-order valence-electron chi connectivity index (χ1n) is 4.91. The minimum atomic E-state index is -0.916. The average Bonchev–Trinajstić information content (AvgIpc) is 2.31. The molecule has 2 N–H and O–H groups in total. The SMILES string of the molecule is CCOC(=O)c1cc(N)ccc1OC(=O)OC. The van der Waals surface area contributed by atoms with Crippen molar-refractivity contribution >= 4 is 17.8 Å². The molecule has 0 bridgehead atoms. The van der Waals surface area contributed by atoms with E-state index in [-0.39, 0.29) is 17.9 Å². The molecule has 0 aliphatic heterocycles. The molecule has 0 saturated carbocycles. The molecule has 0 spiro atoms. The number of nitrogens with two attached hydrogens (primary N) is 1. The summed E-state index contributed by atoms with van der Waals surface area (Å²) < 4.78 is 13.9. The molecule has 17 heavy (non-hydrogen) atoms. The average molecular weight is 239 g/mol. The topological polar surface area (TPSA) is 87.9 Å². The van der Waals surface area contributed by atoms with E-state index in [9.17, 15) is 9.59 Å². The summed E-state index contributed by atoms with van der Waals surface area (Å²) >= 11 is 0. The Balaban J connectivity index is 3.03.